The molecule has 35 heavy (non-hydrogen) atoms. The van der Waals surface area contributed by atoms with Crippen molar-refractivity contribution in [3.8, 4) is 0 Å². The molecule has 1 fully saturated rings. The summed E-state index contributed by atoms with van der Waals surface area (Å²) in [4.78, 5) is 35.5. The SMILES string of the molecule is Cc1cc(Nc2ccc(NC(=O)CNC(=O)OCc3ccccc3)cc2)nc(N2CCCCC2)n1. The van der Waals surface area contributed by atoms with Gasteiger partial charge >= 0.3 is 6.09 Å². The van der Waals surface area contributed by atoms with Gasteiger partial charge in [0.2, 0.25) is 11.9 Å². The number of rotatable bonds is 8. The zero-order valence-electron chi connectivity index (χ0n) is 19.8. The van der Waals surface area contributed by atoms with Crippen molar-refractivity contribution in [2.75, 3.05) is 35.2 Å². The van der Waals surface area contributed by atoms with Crippen LogP contribution in [0.25, 0.3) is 0 Å². The molecule has 0 atom stereocenters. The summed E-state index contributed by atoms with van der Waals surface area (Å²) in [6.45, 7) is 3.89. The summed E-state index contributed by atoms with van der Waals surface area (Å²) in [6, 6.07) is 18.5. The maximum Gasteiger partial charge on any atom is 0.407 e. The predicted molar refractivity (Wildman–Crippen MR) is 136 cm³/mol. The van der Waals surface area contributed by atoms with Crippen LogP contribution in [-0.2, 0) is 16.1 Å². The lowest BCUT2D eigenvalue weighted by atomic mass is 10.1. The van der Waals surface area contributed by atoms with Crippen LogP contribution in [0.1, 0.15) is 30.5 Å². The summed E-state index contributed by atoms with van der Waals surface area (Å²) in [5, 5.41) is 8.51. The van der Waals surface area contributed by atoms with Crippen LogP contribution in [0.2, 0.25) is 0 Å². The van der Waals surface area contributed by atoms with E-state index >= 15 is 0 Å². The molecule has 9 nitrogen and oxygen atoms in total. The molecule has 182 valence electrons. The minimum atomic E-state index is -0.646. The monoisotopic (exact) mass is 474 g/mol. The van der Waals surface area contributed by atoms with Crippen molar-refractivity contribution in [2.45, 2.75) is 32.8 Å². The molecule has 4 rings (SSSR count). The van der Waals surface area contributed by atoms with Crippen molar-refractivity contribution in [3.63, 3.8) is 0 Å². The Kier molecular flexibility index (Phi) is 8.11. The van der Waals surface area contributed by atoms with Gasteiger partial charge in [-0.25, -0.2) is 9.78 Å². The molecule has 0 aliphatic carbocycles. The number of carbonyl (C=O) groups excluding carboxylic acids is 2. The molecular formula is C26H30N6O3. The number of nitrogens with zero attached hydrogens (tertiary/aromatic N) is 3. The first-order chi connectivity index (χ1) is 17.0. The van der Waals surface area contributed by atoms with Crippen LogP contribution in [0.15, 0.2) is 60.7 Å². The highest BCUT2D eigenvalue weighted by Gasteiger charge is 2.15. The number of aromatic nitrogens is 2. The number of amides is 2. The van der Waals surface area contributed by atoms with Gasteiger partial charge in [0.05, 0.1) is 0 Å². The Morgan fingerprint density at radius 1 is 0.943 bits per heavy atom. The molecule has 3 aromatic rings. The second kappa shape index (κ2) is 11.8. The lowest BCUT2D eigenvalue weighted by Gasteiger charge is -2.27. The van der Waals surface area contributed by atoms with E-state index in [1.807, 2.05) is 55.5 Å². The Bertz CT molecular complexity index is 1130. The van der Waals surface area contributed by atoms with E-state index in [1.165, 1.54) is 6.42 Å². The summed E-state index contributed by atoms with van der Waals surface area (Å²) < 4.78 is 5.10. The van der Waals surface area contributed by atoms with Crippen LogP contribution < -0.4 is 20.9 Å². The maximum atomic E-state index is 12.2. The number of hydrogen-bond donors (Lipinski definition) is 3. The smallest absolute Gasteiger partial charge is 0.407 e. The number of piperidine rings is 1. The highest BCUT2D eigenvalue weighted by Crippen LogP contribution is 2.22. The number of nitrogens with one attached hydrogen (secondary N) is 3. The standard InChI is InChI=1S/C26H30N6O3/c1-19-16-23(31-25(28-19)32-14-6-3-7-15-32)29-21-10-12-22(13-11-21)30-24(33)17-27-26(34)35-18-20-8-4-2-5-9-20/h2,4-5,8-13,16H,3,6-7,14-15,17-18H2,1H3,(H,27,34)(H,30,33)(H,28,29,31). The Balaban J connectivity index is 1.24. The largest absolute Gasteiger partial charge is 0.445 e. The van der Waals surface area contributed by atoms with Crippen LogP contribution >= 0.6 is 0 Å². The number of hydrogen-bond acceptors (Lipinski definition) is 7. The maximum absolute atomic E-state index is 12.2. The number of aryl methyl sites for hydroxylation is 1. The average Bonchev–Trinajstić information content (AvgIpc) is 2.88. The fourth-order valence-electron chi connectivity index (χ4n) is 3.77. The summed E-state index contributed by atoms with van der Waals surface area (Å²) >= 11 is 0. The lowest BCUT2D eigenvalue weighted by Crippen LogP contribution is -2.33. The van der Waals surface area contributed by atoms with E-state index in [4.69, 9.17) is 4.74 Å². The minimum Gasteiger partial charge on any atom is -0.445 e. The lowest BCUT2D eigenvalue weighted by molar-refractivity contribution is -0.115. The minimum absolute atomic E-state index is 0.147. The number of ether oxygens (including phenoxy) is 1. The summed E-state index contributed by atoms with van der Waals surface area (Å²) in [5.74, 6) is 1.14. The molecule has 9 heteroatoms. The van der Waals surface area contributed by atoms with Gasteiger partial charge in [-0.15, -0.1) is 0 Å². The Morgan fingerprint density at radius 3 is 2.40 bits per heavy atom. The zero-order valence-corrected chi connectivity index (χ0v) is 19.8. The topological polar surface area (TPSA) is 108 Å². The van der Waals surface area contributed by atoms with E-state index in [0.717, 1.165) is 54.6 Å². The molecule has 1 aliphatic rings. The van der Waals surface area contributed by atoms with Gasteiger partial charge in [0.25, 0.3) is 0 Å². The third-order valence-electron chi connectivity index (χ3n) is 5.53. The third-order valence-corrected chi connectivity index (χ3v) is 5.53. The first-order valence-corrected chi connectivity index (χ1v) is 11.8. The van der Waals surface area contributed by atoms with Gasteiger partial charge in [-0.2, -0.15) is 4.98 Å². The van der Waals surface area contributed by atoms with Gasteiger partial charge in [-0.1, -0.05) is 30.3 Å². The Hall–Kier alpha value is -4.14. The van der Waals surface area contributed by atoms with Crippen molar-refractivity contribution < 1.29 is 14.3 Å². The fourth-order valence-corrected chi connectivity index (χ4v) is 3.77. The van der Waals surface area contributed by atoms with Gasteiger partial charge in [0.1, 0.15) is 19.0 Å². The molecule has 0 spiro atoms. The van der Waals surface area contributed by atoms with E-state index in [9.17, 15) is 9.59 Å². The molecule has 1 aromatic heterocycles. The second-order valence-electron chi connectivity index (χ2n) is 8.41. The molecule has 0 unspecified atom stereocenters. The van der Waals surface area contributed by atoms with Gasteiger partial charge in [-0.3, -0.25) is 4.79 Å². The molecule has 0 saturated carbocycles. The van der Waals surface area contributed by atoms with E-state index < -0.39 is 6.09 Å². The van der Waals surface area contributed by atoms with E-state index in [1.54, 1.807) is 12.1 Å². The van der Waals surface area contributed by atoms with Gasteiger partial charge in [0.15, 0.2) is 0 Å². The molecule has 1 saturated heterocycles. The van der Waals surface area contributed by atoms with Crippen molar-refractivity contribution in [1.29, 1.82) is 0 Å². The van der Waals surface area contributed by atoms with Gasteiger partial charge in [0, 0.05) is 36.2 Å². The number of alkyl carbamates (subject to hydrolysis) is 1. The highest BCUT2D eigenvalue weighted by atomic mass is 16.5. The molecule has 2 aromatic carbocycles. The molecule has 0 radical (unpaired) electrons. The van der Waals surface area contributed by atoms with Crippen molar-refractivity contribution in [3.05, 3.63) is 71.9 Å². The molecule has 2 heterocycles. The van der Waals surface area contributed by atoms with Crippen LogP contribution in [-0.4, -0.2) is 41.6 Å². The van der Waals surface area contributed by atoms with Crippen LogP contribution in [0.4, 0.5) is 27.9 Å². The first kappa shape index (κ1) is 24.0. The predicted octanol–water partition coefficient (Wildman–Crippen LogP) is 4.38. The number of benzene rings is 2. The second-order valence-corrected chi connectivity index (χ2v) is 8.41. The fraction of sp³-hybridized carbons (Fsp3) is 0.308. The molecule has 0 bridgehead atoms. The zero-order chi connectivity index (χ0) is 24.5. The van der Waals surface area contributed by atoms with E-state index in [2.05, 4.69) is 30.8 Å². The summed E-state index contributed by atoms with van der Waals surface area (Å²) in [6.07, 6.45) is 2.94. The summed E-state index contributed by atoms with van der Waals surface area (Å²) in [7, 11) is 0. The van der Waals surface area contributed by atoms with Crippen LogP contribution in [0.5, 0.6) is 0 Å². The molecule has 1 aliphatic heterocycles. The highest BCUT2D eigenvalue weighted by molar-refractivity contribution is 5.94. The average molecular weight is 475 g/mol. The summed E-state index contributed by atoms with van der Waals surface area (Å²) in [5.41, 5.74) is 3.24. The van der Waals surface area contributed by atoms with Crippen molar-refractivity contribution in [1.82, 2.24) is 15.3 Å². The van der Waals surface area contributed by atoms with E-state index in [0.29, 0.717) is 5.69 Å². The normalized spacial score (nSPS) is 13.1. The third kappa shape index (κ3) is 7.43. The Morgan fingerprint density at radius 2 is 1.66 bits per heavy atom. The quantitative estimate of drug-likeness (QED) is 0.444. The molecule has 2 amide bonds. The van der Waals surface area contributed by atoms with Crippen LogP contribution in [0, 0.1) is 6.92 Å². The molecule has 3 N–H and O–H groups in total. The Labute approximate surface area is 204 Å². The first-order valence-electron chi connectivity index (χ1n) is 11.8. The number of carbonyl (C=O) groups is 2. The number of anilines is 4. The van der Waals surface area contributed by atoms with E-state index in [-0.39, 0.29) is 19.1 Å². The van der Waals surface area contributed by atoms with Crippen molar-refractivity contribution >= 4 is 35.1 Å². The van der Waals surface area contributed by atoms with Crippen molar-refractivity contribution in [2.24, 2.45) is 0 Å². The van der Waals surface area contributed by atoms with Gasteiger partial charge in [-0.05, 0) is 56.0 Å². The molecular weight excluding hydrogens is 444 g/mol. The van der Waals surface area contributed by atoms with Crippen LogP contribution in [0.3, 0.4) is 0 Å². The van der Waals surface area contributed by atoms with Gasteiger partial charge < -0.3 is 25.6 Å².